The molecule has 0 unspecified atom stereocenters. The maximum absolute atomic E-state index is 12.5. The Balaban J connectivity index is 0.000000429. The number of ketones is 1. The van der Waals surface area contributed by atoms with E-state index >= 15 is 0 Å². The lowest BCUT2D eigenvalue weighted by atomic mass is 10.1. The van der Waals surface area contributed by atoms with Crippen molar-refractivity contribution >= 4 is 29.3 Å². The Morgan fingerprint density at radius 3 is 2.14 bits per heavy atom. The molecule has 1 saturated heterocycles. The molecule has 1 aliphatic carbocycles. The van der Waals surface area contributed by atoms with Gasteiger partial charge in [0.05, 0.1) is 5.69 Å². The number of hydrogen-bond donors (Lipinski definition) is 1. The van der Waals surface area contributed by atoms with Crippen molar-refractivity contribution in [3.8, 4) is 0 Å². The largest absolute Gasteiger partial charge is 0.490 e. The Kier molecular flexibility index (Phi) is 8.87. The molecule has 4 rings (SSSR count). The van der Waals surface area contributed by atoms with Gasteiger partial charge in [-0.1, -0.05) is 12.1 Å². The molecule has 11 heteroatoms. The molecule has 0 bridgehead atoms. The fourth-order valence-corrected chi connectivity index (χ4v) is 4.20. The summed E-state index contributed by atoms with van der Waals surface area (Å²) in [6.45, 7) is 5.22. The topological polar surface area (TPSA) is 98.2 Å². The molecule has 3 aliphatic rings. The van der Waals surface area contributed by atoms with Crippen LogP contribution in [0.15, 0.2) is 24.3 Å². The number of halogens is 3. The number of nitrogens with zero attached hydrogens (tertiary/aromatic N) is 3. The van der Waals surface area contributed by atoms with Crippen molar-refractivity contribution in [2.75, 3.05) is 44.2 Å². The molecule has 0 aromatic heterocycles. The van der Waals surface area contributed by atoms with Gasteiger partial charge in [0.1, 0.15) is 0 Å². The fourth-order valence-electron chi connectivity index (χ4n) is 4.20. The van der Waals surface area contributed by atoms with Crippen LogP contribution in [0.3, 0.4) is 0 Å². The second-order valence-corrected chi connectivity index (χ2v) is 8.94. The van der Waals surface area contributed by atoms with Crippen LogP contribution in [0.5, 0.6) is 0 Å². The fraction of sp³-hybridized carbons (Fsp3) is 0.583. The molecule has 2 amide bonds. The van der Waals surface area contributed by atoms with Gasteiger partial charge < -0.3 is 14.9 Å². The van der Waals surface area contributed by atoms with Gasteiger partial charge >= 0.3 is 12.1 Å². The second kappa shape index (κ2) is 11.7. The average molecular weight is 498 g/mol. The van der Waals surface area contributed by atoms with E-state index in [2.05, 4.69) is 4.90 Å². The standard InChI is InChI=1S/C22H29N3O3.C2HF3O2/c26-20-9-10-21(27)25(19-6-2-1-5-18(19)20)12-4-3-11-23-13-15-24(16-14-23)22(28)17-7-8-17;3-2(4,5)1(6)7/h1-2,5-6,17H,3-4,7-16H2;(H,6,7). The molecule has 0 atom stereocenters. The first-order chi connectivity index (χ1) is 16.6. The molecule has 2 aliphatic heterocycles. The summed E-state index contributed by atoms with van der Waals surface area (Å²) in [5.74, 6) is -1.98. The van der Waals surface area contributed by atoms with E-state index in [0.29, 0.717) is 36.8 Å². The number of fused-ring (bicyclic) bond motifs is 1. The first kappa shape index (κ1) is 26.7. The van der Waals surface area contributed by atoms with Crippen molar-refractivity contribution in [3.63, 3.8) is 0 Å². The Morgan fingerprint density at radius 2 is 1.54 bits per heavy atom. The predicted octanol–water partition coefficient (Wildman–Crippen LogP) is 2.96. The van der Waals surface area contributed by atoms with E-state index in [1.807, 2.05) is 29.2 Å². The highest BCUT2D eigenvalue weighted by atomic mass is 19.4. The number of carbonyl (C=O) groups excluding carboxylic acids is 3. The summed E-state index contributed by atoms with van der Waals surface area (Å²) in [6.07, 6.45) is -0.418. The smallest absolute Gasteiger partial charge is 0.475 e. The van der Waals surface area contributed by atoms with Crippen molar-refractivity contribution in [1.82, 2.24) is 9.80 Å². The number of para-hydroxylation sites is 1. The molecule has 0 spiro atoms. The summed E-state index contributed by atoms with van der Waals surface area (Å²) in [6, 6.07) is 7.46. The number of anilines is 1. The summed E-state index contributed by atoms with van der Waals surface area (Å²) in [4.78, 5) is 52.0. The zero-order valence-electron chi connectivity index (χ0n) is 19.4. The molecule has 8 nitrogen and oxygen atoms in total. The summed E-state index contributed by atoms with van der Waals surface area (Å²) >= 11 is 0. The van der Waals surface area contributed by atoms with Crippen LogP contribution in [0.4, 0.5) is 18.9 Å². The van der Waals surface area contributed by atoms with Crippen LogP contribution in [0.1, 0.15) is 48.9 Å². The Hall–Kier alpha value is -2.95. The van der Waals surface area contributed by atoms with Gasteiger partial charge in [-0.15, -0.1) is 0 Å². The van der Waals surface area contributed by atoms with Gasteiger partial charge in [0, 0.05) is 57.0 Å². The van der Waals surface area contributed by atoms with E-state index in [1.54, 1.807) is 4.90 Å². The van der Waals surface area contributed by atoms with Gasteiger partial charge in [-0.2, -0.15) is 13.2 Å². The minimum absolute atomic E-state index is 0.0468. The molecular formula is C24H30F3N3O5. The number of Topliss-reactive ketones (excluding diaryl/α,β-unsaturated/α-hetero) is 1. The van der Waals surface area contributed by atoms with E-state index in [1.165, 1.54) is 0 Å². The lowest BCUT2D eigenvalue weighted by Crippen LogP contribution is -2.49. The van der Waals surface area contributed by atoms with Crippen molar-refractivity contribution in [3.05, 3.63) is 29.8 Å². The maximum Gasteiger partial charge on any atom is 0.490 e. The summed E-state index contributed by atoms with van der Waals surface area (Å²) < 4.78 is 31.7. The van der Waals surface area contributed by atoms with Crippen LogP contribution in [0.25, 0.3) is 0 Å². The maximum atomic E-state index is 12.5. The molecule has 1 N–H and O–H groups in total. The second-order valence-electron chi connectivity index (χ2n) is 8.94. The Bertz CT molecular complexity index is 941. The summed E-state index contributed by atoms with van der Waals surface area (Å²) in [5.41, 5.74) is 1.44. The summed E-state index contributed by atoms with van der Waals surface area (Å²) in [7, 11) is 0. The van der Waals surface area contributed by atoms with Gasteiger partial charge in [-0.05, 0) is 44.4 Å². The SMILES string of the molecule is O=C(O)C(F)(F)F.O=C1CCC(=O)N(CCCCN2CCN(C(=O)C3CC3)CC2)c2ccccc21. The molecule has 2 fully saturated rings. The first-order valence-electron chi connectivity index (χ1n) is 11.8. The molecule has 1 saturated carbocycles. The lowest BCUT2D eigenvalue weighted by molar-refractivity contribution is -0.192. The van der Waals surface area contributed by atoms with E-state index in [0.717, 1.165) is 64.1 Å². The Morgan fingerprint density at radius 1 is 0.943 bits per heavy atom. The highest BCUT2D eigenvalue weighted by Gasteiger charge is 2.38. The zero-order valence-corrected chi connectivity index (χ0v) is 19.4. The number of hydrogen-bond acceptors (Lipinski definition) is 5. The number of carboxylic acids is 1. The number of amides is 2. The van der Waals surface area contributed by atoms with Crippen LogP contribution >= 0.6 is 0 Å². The predicted molar refractivity (Wildman–Crippen MR) is 121 cm³/mol. The van der Waals surface area contributed by atoms with E-state index in [4.69, 9.17) is 9.90 Å². The molecular weight excluding hydrogens is 467 g/mol. The highest BCUT2D eigenvalue weighted by Crippen LogP contribution is 2.31. The first-order valence-corrected chi connectivity index (χ1v) is 11.8. The quantitative estimate of drug-likeness (QED) is 0.607. The van der Waals surface area contributed by atoms with Crippen LogP contribution in [0, 0.1) is 5.92 Å². The molecule has 1 aromatic carbocycles. The van der Waals surface area contributed by atoms with Crippen molar-refractivity contribution < 1.29 is 37.5 Å². The van der Waals surface area contributed by atoms with Crippen molar-refractivity contribution in [1.29, 1.82) is 0 Å². The zero-order chi connectivity index (χ0) is 25.6. The van der Waals surface area contributed by atoms with Crippen LogP contribution in [0.2, 0.25) is 0 Å². The van der Waals surface area contributed by atoms with Crippen LogP contribution in [-0.4, -0.2) is 83.9 Å². The highest BCUT2D eigenvalue weighted by molar-refractivity contribution is 6.10. The number of piperazine rings is 1. The molecule has 0 radical (unpaired) electrons. The lowest BCUT2D eigenvalue weighted by Gasteiger charge is -2.35. The third-order valence-electron chi connectivity index (χ3n) is 6.32. The van der Waals surface area contributed by atoms with Crippen LogP contribution < -0.4 is 4.90 Å². The third kappa shape index (κ3) is 7.51. The molecule has 35 heavy (non-hydrogen) atoms. The van der Waals surface area contributed by atoms with Gasteiger partial charge in [0.15, 0.2) is 5.78 Å². The third-order valence-corrected chi connectivity index (χ3v) is 6.32. The number of aliphatic carboxylic acids is 1. The van der Waals surface area contributed by atoms with Gasteiger partial charge in [0.25, 0.3) is 0 Å². The molecule has 192 valence electrons. The minimum Gasteiger partial charge on any atom is -0.475 e. The Labute approximate surface area is 201 Å². The van der Waals surface area contributed by atoms with Gasteiger partial charge in [0.2, 0.25) is 11.8 Å². The number of carbonyl (C=O) groups is 4. The number of benzene rings is 1. The van der Waals surface area contributed by atoms with E-state index in [9.17, 15) is 27.6 Å². The number of carboxylic acid groups (broad SMARTS) is 1. The van der Waals surface area contributed by atoms with Crippen molar-refractivity contribution in [2.24, 2.45) is 5.92 Å². The molecule has 1 aromatic rings. The normalized spacial score (nSPS) is 18.9. The van der Waals surface area contributed by atoms with E-state index in [-0.39, 0.29) is 11.7 Å². The summed E-state index contributed by atoms with van der Waals surface area (Å²) in [5, 5.41) is 7.12. The van der Waals surface area contributed by atoms with Gasteiger partial charge in [-0.3, -0.25) is 19.3 Å². The van der Waals surface area contributed by atoms with Gasteiger partial charge in [-0.25, -0.2) is 4.79 Å². The monoisotopic (exact) mass is 497 g/mol. The number of unbranched alkanes of at least 4 members (excludes halogenated alkanes) is 1. The van der Waals surface area contributed by atoms with E-state index < -0.39 is 12.1 Å². The molecule has 2 heterocycles. The average Bonchev–Trinajstić information content (AvgIpc) is 3.68. The van der Waals surface area contributed by atoms with Crippen LogP contribution in [-0.2, 0) is 14.4 Å². The number of rotatable bonds is 6. The minimum atomic E-state index is -5.08. The van der Waals surface area contributed by atoms with Crippen molar-refractivity contribution in [2.45, 2.75) is 44.7 Å². The number of alkyl halides is 3.